The van der Waals surface area contributed by atoms with Gasteiger partial charge >= 0.3 is 0 Å². The average Bonchev–Trinajstić information content (AvgIpc) is 3.24. The molecule has 1 N–H and O–H groups in total. The summed E-state index contributed by atoms with van der Waals surface area (Å²) >= 11 is 0. The second kappa shape index (κ2) is 7.54. The maximum absolute atomic E-state index is 10.5. The normalized spacial score (nSPS) is 19.2. The number of hydrogen-bond acceptors (Lipinski definition) is 6. The Kier molecular flexibility index (Phi) is 4.70. The summed E-state index contributed by atoms with van der Waals surface area (Å²) in [6.07, 6.45) is 0.228. The molecule has 0 fully saturated rings. The summed E-state index contributed by atoms with van der Waals surface area (Å²) in [7, 11) is 3.26. The Morgan fingerprint density at radius 2 is 1.87 bits per heavy atom. The van der Waals surface area contributed by atoms with E-state index in [1.54, 1.807) is 26.4 Å². The number of aromatic hydroxyl groups is 1. The van der Waals surface area contributed by atoms with Gasteiger partial charge in [-0.3, -0.25) is 0 Å². The van der Waals surface area contributed by atoms with Gasteiger partial charge in [0.2, 0.25) is 6.23 Å². The minimum atomic E-state index is -0.404. The van der Waals surface area contributed by atoms with E-state index in [-0.39, 0.29) is 11.8 Å². The first kappa shape index (κ1) is 19.3. The van der Waals surface area contributed by atoms with Gasteiger partial charge in [-0.25, -0.2) is 5.01 Å². The van der Waals surface area contributed by atoms with E-state index in [2.05, 4.69) is 19.1 Å². The fraction of sp³-hybridized carbons (Fsp3) is 0.240. The number of phenolic OH excluding ortho intramolecular Hbond substituents is 1. The molecule has 31 heavy (non-hydrogen) atoms. The number of phenols is 1. The third kappa shape index (κ3) is 3.24. The van der Waals surface area contributed by atoms with Gasteiger partial charge in [0, 0.05) is 23.1 Å². The van der Waals surface area contributed by atoms with Gasteiger partial charge in [0.05, 0.1) is 26.0 Å². The van der Waals surface area contributed by atoms with Crippen molar-refractivity contribution in [2.75, 3.05) is 14.2 Å². The zero-order valence-corrected chi connectivity index (χ0v) is 17.7. The molecule has 0 aromatic heterocycles. The number of hydrazone groups is 1. The molecule has 0 aliphatic carbocycles. The van der Waals surface area contributed by atoms with Gasteiger partial charge in [-0.15, -0.1) is 0 Å². The molecule has 2 atom stereocenters. The SMILES string of the molecule is COc1ccc(O)c(C2=NN3[C@@H](C2)c2cccc(OC)c2O[C@H]3c2cccc(C)c2)c1. The molecule has 0 spiro atoms. The van der Waals surface area contributed by atoms with Crippen molar-refractivity contribution >= 4 is 5.71 Å². The van der Waals surface area contributed by atoms with Crippen molar-refractivity contribution in [2.45, 2.75) is 25.6 Å². The van der Waals surface area contributed by atoms with Crippen molar-refractivity contribution in [3.05, 3.63) is 82.9 Å². The highest BCUT2D eigenvalue weighted by Gasteiger charge is 2.42. The minimum Gasteiger partial charge on any atom is -0.507 e. The Morgan fingerprint density at radius 3 is 2.65 bits per heavy atom. The molecule has 6 heteroatoms. The number of nitrogens with zero attached hydrogens (tertiary/aromatic N) is 2. The molecule has 0 saturated heterocycles. The van der Waals surface area contributed by atoms with Crippen molar-refractivity contribution in [3.8, 4) is 23.0 Å². The maximum atomic E-state index is 10.5. The molecule has 0 bridgehead atoms. The molecule has 6 nitrogen and oxygen atoms in total. The van der Waals surface area contributed by atoms with E-state index >= 15 is 0 Å². The van der Waals surface area contributed by atoms with E-state index in [1.807, 2.05) is 41.4 Å². The second-order valence-electron chi connectivity index (χ2n) is 7.79. The fourth-order valence-electron chi connectivity index (χ4n) is 4.32. The molecule has 0 radical (unpaired) electrons. The van der Waals surface area contributed by atoms with Crippen LogP contribution in [0.4, 0.5) is 0 Å². The van der Waals surface area contributed by atoms with Crippen LogP contribution in [-0.4, -0.2) is 30.0 Å². The van der Waals surface area contributed by atoms with Crippen LogP contribution in [0.15, 0.2) is 65.8 Å². The van der Waals surface area contributed by atoms with Gasteiger partial charge in [-0.1, -0.05) is 42.0 Å². The van der Waals surface area contributed by atoms with Gasteiger partial charge in [0.25, 0.3) is 0 Å². The van der Waals surface area contributed by atoms with Gasteiger partial charge in [0.15, 0.2) is 11.5 Å². The number of ether oxygens (including phenoxy) is 3. The number of fused-ring (bicyclic) bond motifs is 3. The van der Waals surface area contributed by atoms with Crippen molar-refractivity contribution in [2.24, 2.45) is 5.10 Å². The Bertz CT molecular complexity index is 1170. The number of aryl methyl sites for hydroxylation is 1. The van der Waals surface area contributed by atoms with Gasteiger partial charge < -0.3 is 19.3 Å². The van der Waals surface area contributed by atoms with Gasteiger partial charge in [-0.05, 0) is 31.2 Å². The van der Waals surface area contributed by atoms with Crippen molar-refractivity contribution in [3.63, 3.8) is 0 Å². The Balaban J connectivity index is 1.64. The van der Waals surface area contributed by atoms with E-state index in [4.69, 9.17) is 19.3 Å². The summed E-state index contributed by atoms with van der Waals surface area (Å²) in [5.74, 6) is 2.30. The predicted octanol–water partition coefficient (Wildman–Crippen LogP) is 4.96. The Labute approximate surface area is 181 Å². The average molecular weight is 416 g/mol. The van der Waals surface area contributed by atoms with Gasteiger partial charge in [0.1, 0.15) is 11.5 Å². The zero-order chi connectivity index (χ0) is 21.5. The molecule has 2 heterocycles. The van der Waals surface area contributed by atoms with Crippen LogP contribution in [0.1, 0.15) is 40.9 Å². The molecule has 0 unspecified atom stereocenters. The molecule has 3 aromatic carbocycles. The Morgan fingerprint density at radius 1 is 1.03 bits per heavy atom. The highest BCUT2D eigenvalue weighted by atomic mass is 16.5. The van der Waals surface area contributed by atoms with E-state index in [1.165, 1.54) is 0 Å². The van der Waals surface area contributed by atoms with Crippen molar-refractivity contribution in [1.29, 1.82) is 0 Å². The standard InChI is InChI=1S/C25H24N2O4/c1-15-6-4-7-16(12-15)25-27-21(18-8-5-9-23(30-3)24(18)31-25)14-20(26-27)19-13-17(29-2)10-11-22(19)28/h4-13,21,25,28H,14H2,1-3H3/t21-,25-/m0/s1. The topological polar surface area (TPSA) is 63.5 Å². The van der Waals surface area contributed by atoms with Crippen LogP contribution in [0, 0.1) is 6.92 Å². The molecule has 3 aromatic rings. The molecule has 2 aliphatic rings. The summed E-state index contributed by atoms with van der Waals surface area (Å²) in [6.45, 7) is 2.06. The molecule has 5 rings (SSSR count). The first-order valence-corrected chi connectivity index (χ1v) is 10.2. The summed E-state index contributed by atoms with van der Waals surface area (Å²) < 4.78 is 17.4. The monoisotopic (exact) mass is 416 g/mol. The van der Waals surface area contributed by atoms with Crippen molar-refractivity contribution in [1.82, 2.24) is 5.01 Å². The summed E-state index contributed by atoms with van der Waals surface area (Å²) in [6, 6.07) is 19.3. The second-order valence-corrected chi connectivity index (χ2v) is 7.79. The van der Waals surface area contributed by atoms with Crippen LogP contribution in [-0.2, 0) is 0 Å². The lowest BCUT2D eigenvalue weighted by molar-refractivity contribution is -0.0209. The van der Waals surface area contributed by atoms with E-state index in [0.29, 0.717) is 23.5 Å². The number of methoxy groups -OCH3 is 2. The highest BCUT2D eigenvalue weighted by molar-refractivity contribution is 6.04. The number of hydrogen-bond donors (Lipinski definition) is 1. The first-order chi connectivity index (χ1) is 15.1. The number of rotatable bonds is 4. The van der Waals surface area contributed by atoms with Gasteiger partial charge in [-0.2, -0.15) is 5.10 Å². The molecule has 0 saturated carbocycles. The minimum absolute atomic E-state index is 0.0371. The van der Waals surface area contributed by atoms with Crippen LogP contribution < -0.4 is 14.2 Å². The third-order valence-electron chi connectivity index (χ3n) is 5.84. The quantitative estimate of drug-likeness (QED) is 0.651. The highest BCUT2D eigenvalue weighted by Crippen LogP contribution is 2.51. The predicted molar refractivity (Wildman–Crippen MR) is 118 cm³/mol. The van der Waals surface area contributed by atoms with Crippen LogP contribution in [0.3, 0.4) is 0 Å². The van der Waals surface area contributed by atoms with Crippen LogP contribution in [0.2, 0.25) is 0 Å². The molecule has 158 valence electrons. The lowest BCUT2D eigenvalue weighted by Gasteiger charge is -2.38. The van der Waals surface area contributed by atoms with Crippen LogP contribution in [0.25, 0.3) is 0 Å². The molecule has 0 amide bonds. The largest absolute Gasteiger partial charge is 0.507 e. The zero-order valence-electron chi connectivity index (χ0n) is 17.7. The van der Waals surface area contributed by atoms with Crippen molar-refractivity contribution < 1.29 is 19.3 Å². The lowest BCUT2D eigenvalue weighted by Crippen LogP contribution is -2.33. The lowest BCUT2D eigenvalue weighted by atomic mass is 9.95. The fourth-order valence-corrected chi connectivity index (χ4v) is 4.32. The molecular formula is C25H24N2O4. The number of para-hydroxylation sites is 1. The summed E-state index contributed by atoms with van der Waals surface area (Å²) in [5, 5.41) is 17.4. The smallest absolute Gasteiger partial charge is 0.214 e. The molecule has 2 aliphatic heterocycles. The van der Waals surface area contributed by atoms with E-state index < -0.39 is 6.23 Å². The van der Waals surface area contributed by atoms with Crippen LogP contribution in [0.5, 0.6) is 23.0 Å². The molecular weight excluding hydrogens is 392 g/mol. The maximum Gasteiger partial charge on any atom is 0.214 e. The number of benzene rings is 3. The van der Waals surface area contributed by atoms with Crippen LogP contribution >= 0.6 is 0 Å². The first-order valence-electron chi connectivity index (χ1n) is 10.2. The Hall–Kier alpha value is -3.67. The summed E-state index contributed by atoms with van der Waals surface area (Å²) in [4.78, 5) is 0. The third-order valence-corrected chi connectivity index (χ3v) is 5.84. The summed E-state index contributed by atoms with van der Waals surface area (Å²) in [5.41, 5.74) is 4.64. The van der Waals surface area contributed by atoms with E-state index in [9.17, 15) is 5.11 Å². The van der Waals surface area contributed by atoms with E-state index in [0.717, 1.165) is 28.2 Å².